The summed E-state index contributed by atoms with van der Waals surface area (Å²) in [5.41, 5.74) is 1.46. The van der Waals surface area contributed by atoms with E-state index in [4.69, 9.17) is 0 Å². The van der Waals surface area contributed by atoms with E-state index >= 15 is 0 Å². The average Bonchev–Trinajstić information content (AvgIpc) is 2.99. The fourth-order valence-corrected chi connectivity index (χ4v) is 3.11. The maximum Gasteiger partial charge on any atom is 0.0127 e. The van der Waals surface area contributed by atoms with E-state index in [1.807, 2.05) is 0 Å². The topological polar surface area (TPSA) is 12.0 Å². The van der Waals surface area contributed by atoms with Gasteiger partial charge in [0.15, 0.2) is 0 Å². The second kappa shape index (κ2) is 2.75. The summed E-state index contributed by atoms with van der Waals surface area (Å²) in [6.07, 6.45) is 10.4. The van der Waals surface area contributed by atoms with Gasteiger partial charge in [-0.25, -0.2) is 0 Å². The lowest BCUT2D eigenvalue weighted by molar-refractivity contribution is 0.267. The maximum atomic E-state index is 3.85. The van der Waals surface area contributed by atoms with Crippen LogP contribution in [0.4, 0.5) is 0 Å². The summed E-state index contributed by atoms with van der Waals surface area (Å²) in [5.74, 6) is 0. The lowest BCUT2D eigenvalue weighted by atomic mass is 9.83. The molecule has 0 saturated heterocycles. The van der Waals surface area contributed by atoms with Crippen molar-refractivity contribution in [2.75, 3.05) is 0 Å². The van der Waals surface area contributed by atoms with Crippen LogP contribution >= 0.6 is 0 Å². The fourth-order valence-electron chi connectivity index (χ4n) is 3.11. The van der Waals surface area contributed by atoms with Crippen LogP contribution in [0, 0.1) is 10.8 Å². The third-order valence-electron chi connectivity index (χ3n) is 4.95. The first-order chi connectivity index (χ1) is 6.60. The van der Waals surface area contributed by atoms with Crippen molar-refractivity contribution >= 4 is 0 Å². The van der Waals surface area contributed by atoms with Gasteiger partial charge in [0.1, 0.15) is 0 Å². The van der Waals surface area contributed by atoms with Crippen molar-refractivity contribution in [1.29, 1.82) is 0 Å². The fraction of sp³-hybridized carbons (Fsp3) is 1.00. The molecule has 0 radical (unpaired) electrons. The Labute approximate surface area is 87.7 Å². The minimum absolute atomic E-state index is 0.606. The van der Waals surface area contributed by atoms with E-state index in [2.05, 4.69) is 19.2 Å². The summed E-state index contributed by atoms with van der Waals surface area (Å²) in [6, 6.07) is 1.69. The first-order valence-electron chi connectivity index (χ1n) is 6.36. The number of hydrogen-bond donors (Lipinski definition) is 1. The monoisotopic (exact) mass is 193 g/mol. The largest absolute Gasteiger partial charge is 0.311 e. The van der Waals surface area contributed by atoms with Gasteiger partial charge in [0.05, 0.1) is 0 Å². The second-order valence-electron chi connectivity index (χ2n) is 6.69. The summed E-state index contributed by atoms with van der Waals surface area (Å²) in [4.78, 5) is 0. The van der Waals surface area contributed by atoms with E-state index in [1.165, 1.54) is 44.9 Å². The van der Waals surface area contributed by atoms with Crippen molar-refractivity contribution in [2.24, 2.45) is 10.8 Å². The molecule has 1 spiro atoms. The highest BCUT2D eigenvalue weighted by molar-refractivity contribution is 5.04. The van der Waals surface area contributed by atoms with Crippen molar-refractivity contribution in [3.63, 3.8) is 0 Å². The number of hydrogen-bond acceptors (Lipinski definition) is 1. The number of nitrogens with one attached hydrogen (secondary N) is 1. The predicted molar refractivity (Wildman–Crippen MR) is 59.2 cm³/mol. The van der Waals surface area contributed by atoms with E-state index in [9.17, 15) is 0 Å². The molecule has 0 amide bonds. The molecule has 3 saturated carbocycles. The summed E-state index contributed by atoms with van der Waals surface area (Å²) >= 11 is 0. The van der Waals surface area contributed by atoms with Gasteiger partial charge in [-0.2, -0.15) is 0 Å². The average molecular weight is 193 g/mol. The van der Waals surface area contributed by atoms with E-state index in [0.29, 0.717) is 5.41 Å². The standard InChI is InChI=1S/C13H23N/c1-12(2)9-11(12)14-10-3-5-13(6-4-10)7-8-13/h10-11,14H,3-9H2,1-2H3. The summed E-state index contributed by atoms with van der Waals surface area (Å²) in [6.45, 7) is 4.77. The first-order valence-corrected chi connectivity index (χ1v) is 6.36. The van der Waals surface area contributed by atoms with Gasteiger partial charge in [-0.05, 0) is 55.8 Å². The lowest BCUT2D eigenvalue weighted by Gasteiger charge is -2.29. The molecule has 3 fully saturated rings. The van der Waals surface area contributed by atoms with Crippen molar-refractivity contribution in [1.82, 2.24) is 5.32 Å². The Kier molecular flexibility index (Phi) is 1.81. The van der Waals surface area contributed by atoms with Crippen LogP contribution in [0.3, 0.4) is 0 Å². The molecule has 0 aromatic heterocycles. The smallest absolute Gasteiger partial charge is 0.0127 e. The van der Waals surface area contributed by atoms with E-state index in [0.717, 1.165) is 17.5 Å². The van der Waals surface area contributed by atoms with Crippen LogP contribution in [0.1, 0.15) is 58.8 Å². The molecule has 0 aromatic rings. The van der Waals surface area contributed by atoms with Gasteiger partial charge in [0.2, 0.25) is 0 Å². The molecule has 3 aliphatic rings. The molecular formula is C13H23N. The summed E-state index contributed by atoms with van der Waals surface area (Å²) in [5, 5.41) is 3.85. The van der Waals surface area contributed by atoms with Gasteiger partial charge in [-0.3, -0.25) is 0 Å². The zero-order valence-electron chi connectivity index (χ0n) is 9.60. The van der Waals surface area contributed by atoms with Crippen LogP contribution in [0.2, 0.25) is 0 Å². The van der Waals surface area contributed by atoms with Crippen LogP contribution in [-0.4, -0.2) is 12.1 Å². The molecule has 0 aliphatic heterocycles. The van der Waals surface area contributed by atoms with Crippen LogP contribution in [0.25, 0.3) is 0 Å². The third-order valence-corrected chi connectivity index (χ3v) is 4.95. The van der Waals surface area contributed by atoms with Gasteiger partial charge in [-0.15, -0.1) is 0 Å². The van der Waals surface area contributed by atoms with Crippen molar-refractivity contribution < 1.29 is 0 Å². The Morgan fingerprint density at radius 1 is 1.00 bits per heavy atom. The highest BCUT2D eigenvalue weighted by atomic mass is 15.0. The third kappa shape index (κ3) is 1.60. The molecule has 0 aromatic carbocycles. The Morgan fingerprint density at radius 3 is 2.00 bits per heavy atom. The SMILES string of the molecule is CC1(C)CC1NC1CCC2(CC1)CC2. The first kappa shape index (κ1) is 9.21. The Morgan fingerprint density at radius 2 is 1.57 bits per heavy atom. The Balaban J connectivity index is 1.47. The summed E-state index contributed by atoms with van der Waals surface area (Å²) in [7, 11) is 0. The minimum atomic E-state index is 0.606. The molecule has 3 aliphatic carbocycles. The highest BCUT2D eigenvalue weighted by Crippen LogP contribution is 2.56. The van der Waals surface area contributed by atoms with Crippen LogP contribution in [0.15, 0.2) is 0 Å². The van der Waals surface area contributed by atoms with E-state index in [1.54, 1.807) is 0 Å². The molecular weight excluding hydrogens is 170 g/mol. The molecule has 14 heavy (non-hydrogen) atoms. The molecule has 1 heteroatoms. The molecule has 0 bridgehead atoms. The molecule has 1 atom stereocenters. The van der Waals surface area contributed by atoms with Gasteiger partial charge >= 0.3 is 0 Å². The lowest BCUT2D eigenvalue weighted by Crippen LogP contribution is -2.36. The zero-order valence-corrected chi connectivity index (χ0v) is 9.60. The van der Waals surface area contributed by atoms with Crippen molar-refractivity contribution in [2.45, 2.75) is 70.9 Å². The predicted octanol–water partition coefficient (Wildman–Crippen LogP) is 3.10. The van der Waals surface area contributed by atoms with Gasteiger partial charge in [0, 0.05) is 12.1 Å². The zero-order chi connectivity index (χ0) is 9.81. The highest BCUT2D eigenvalue weighted by Gasteiger charge is 2.49. The van der Waals surface area contributed by atoms with Crippen molar-refractivity contribution in [3.05, 3.63) is 0 Å². The van der Waals surface area contributed by atoms with E-state index in [-0.39, 0.29) is 0 Å². The normalized spacial score (nSPS) is 38.6. The Bertz CT molecular complexity index is 230. The molecule has 80 valence electrons. The molecule has 0 heterocycles. The second-order valence-corrected chi connectivity index (χ2v) is 6.69. The molecule has 1 N–H and O–H groups in total. The van der Waals surface area contributed by atoms with Gasteiger partial charge in [-0.1, -0.05) is 13.8 Å². The minimum Gasteiger partial charge on any atom is -0.311 e. The van der Waals surface area contributed by atoms with Gasteiger partial charge in [0.25, 0.3) is 0 Å². The molecule has 1 nitrogen and oxygen atoms in total. The molecule has 1 unspecified atom stereocenters. The van der Waals surface area contributed by atoms with Crippen LogP contribution in [0.5, 0.6) is 0 Å². The van der Waals surface area contributed by atoms with E-state index < -0.39 is 0 Å². The van der Waals surface area contributed by atoms with Crippen molar-refractivity contribution in [3.8, 4) is 0 Å². The van der Waals surface area contributed by atoms with Crippen LogP contribution in [-0.2, 0) is 0 Å². The van der Waals surface area contributed by atoms with Gasteiger partial charge < -0.3 is 5.32 Å². The summed E-state index contributed by atoms with van der Waals surface area (Å²) < 4.78 is 0. The maximum absolute atomic E-state index is 3.85. The van der Waals surface area contributed by atoms with Crippen LogP contribution < -0.4 is 5.32 Å². The molecule has 3 rings (SSSR count). The Hall–Kier alpha value is -0.0400. The quantitative estimate of drug-likeness (QED) is 0.710. The number of rotatable bonds is 2.